The molecule has 1 rings (SSSR count). The van der Waals surface area contributed by atoms with Crippen LogP contribution >= 0.6 is 15.9 Å². The molecule has 15 heavy (non-hydrogen) atoms. The Morgan fingerprint density at radius 1 is 1.67 bits per heavy atom. The van der Waals surface area contributed by atoms with Crippen LogP contribution in [0.25, 0.3) is 0 Å². The van der Waals surface area contributed by atoms with E-state index in [4.69, 9.17) is 4.74 Å². The first-order chi connectivity index (χ1) is 7.10. The maximum Gasteiger partial charge on any atom is 0.343 e. The van der Waals surface area contributed by atoms with Gasteiger partial charge in [0.05, 0.1) is 13.2 Å². The summed E-state index contributed by atoms with van der Waals surface area (Å²) in [5.41, 5.74) is 0.205. The molecule has 4 nitrogen and oxygen atoms in total. The SMILES string of the molecule is CCOC(=O)C1=C(O)N(CC)CC(Br)=C1. The summed E-state index contributed by atoms with van der Waals surface area (Å²) in [6.07, 6.45) is 1.60. The lowest BCUT2D eigenvalue weighted by molar-refractivity contribution is -0.138. The van der Waals surface area contributed by atoms with E-state index >= 15 is 0 Å². The van der Waals surface area contributed by atoms with Crippen LogP contribution in [-0.4, -0.2) is 35.7 Å². The molecule has 84 valence electrons. The molecule has 0 aromatic rings. The van der Waals surface area contributed by atoms with Crippen LogP contribution in [0.3, 0.4) is 0 Å². The number of ether oxygens (including phenoxy) is 1. The van der Waals surface area contributed by atoms with Gasteiger partial charge in [0.2, 0.25) is 5.88 Å². The number of likely N-dealkylation sites (N-methyl/N-ethyl adjacent to an activating group) is 1. The average Bonchev–Trinajstić information content (AvgIpc) is 2.21. The molecular weight excluding hydrogens is 262 g/mol. The second kappa shape index (κ2) is 5.21. The van der Waals surface area contributed by atoms with Crippen molar-refractivity contribution in [3.05, 3.63) is 22.0 Å². The van der Waals surface area contributed by atoms with Crippen LogP contribution in [0.1, 0.15) is 13.8 Å². The van der Waals surface area contributed by atoms with Gasteiger partial charge in [-0.2, -0.15) is 0 Å². The van der Waals surface area contributed by atoms with Gasteiger partial charge in [-0.25, -0.2) is 4.79 Å². The fourth-order valence-corrected chi connectivity index (χ4v) is 1.85. The lowest BCUT2D eigenvalue weighted by atomic mass is 10.2. The summed E-state index contributed by atoms with van der Waals surface area (Å²) in [6.45, 7) is 5.15. The van der Waals surface area contributed by atoms with Crippen LogP contribution < -0.4 is 0 Å². The number of esters is 1. The van der Waals surface area contributed by atoms with Crippen molar-refractivity contribution in [2.24, 2.45) is 0 Å². The maximum atomic E-state index is 11.5. The van der Waals surface area contributed by atoms with Crippen LogP contribution in [0.2, 0.25) is 0 Å². The molecule has 0 spiro atoms. The van der Waals surface area contributed by atoms with Crippen molar-refractivity contribution in [3.63, 3.8) is 0 Å². The number of hydrogen-bond acceptors (Lipinski definition) is 4. The molecule has 0 saturated heterocycles. The highest BCUT2D eigenvalue weighted by molar-refractivity contribution is 9.11. The highest BCUT2D eigenvalue weighted by atomic mass is 79.9. The average molecular weight is 276 g/mol. The van der Waals surface area contributed by atoms with Crippen LogP contribution in [0.5, 0.6) is 0 Å². The predicted octanol–water partition coefficient (Wildman–Crippen LogP) is 1.93. The molecule has 0 radical (unpaired) electrons. The van der Waals surface area contributed by atoms with Gasteiger partial charge in [-0.05, 0) is 19.9 Å². The van der Waals surface area contributed by atoms with Gasteiger partial charge < -0.3 is 14.7 Å². The molecule has 1 heterocycles. The first kappa shape index (κ1) is 12.1. The number of nitrogens with zero attached hydrogens (tertiary/aromatic N) is 1. The summed E-state index contributed by atoms with van der Waals surface area (Å²) in [6, 6.07) is 0. The number of rotatable bonds is 3. The number of halogens is 1. The molecule has 0 saturated carbocycles. The summed E-state index contributed by atoms with van der Waals surface area (Å²) in [4.78, 5) is 13.2. The van der Waals surface area contributed by atoms with Gasteiger partial charge in [-0.1, -0.05) is 15.9 Å². The zero-order chi connectivity index (χ0) is 11.4. The lowest BCUT2D eigenvalue weighted by Gasteiger charge is -2.26. The van der Waals surface area contributed by atoms with Crippen molar-refractivity contribution in [2.75, 3.05) is 19.7 Å². The van der Waals surface area contributed by atoms with Crippen molar-refractivity contribution in [2.45, 2.75) is 13.8 Å². The van der Waals surface area contributed by atoms with E-state index in [0.29, 0.717) is 19.7 Å². The van der Waals surface area contributed by atoms with Crippen molar-refractivity contribution in [1.29, 1.82) is 0 Å². The number of carbonyl (C=O) groups is 1. The lowest BCUT2D eigenvalue weighted by Crippen LogP contribution is -2.30. The summed E-state index contributed by atoms with van der Waals surface area (Å²) < 4.78 is 5.70. The minimum atomic E-state index is -0.495. The number of aliphatic hydroxyl groups is 1. The minimum Gasteiger partial charge on any atom is -0.494 e. The summed E-state index contributed by atoms with van der Waals surface area (Å²) in [7, 11) is 0. The highest BCUT2D eigenvalue weighted by Gasteiger charge is 2.23. The smallest absolute Gasteiger partial charge is 0.343 e. The van der Waals surface area contributed by atoms with E-state index < -0.39 is 5.97 Å². The molecule has 0 bridgehead atoms. The third kappa shape index (κ3) is 2.75. The van der Waals surface area contributed by atoms with Gasteiger partial charge in [0, 0.05) is 11.0 Å². The number of hydrogen-bond donors (Lipinski definition) is 1. The van der Waals surface area contributed by atoms with Gasteiger partial charge in [0.1, 0.15) is 5.57 Å². The van der Waals surface area contributed by atoms with E-state index in [0.717, 1.165) is 4.48 Å². The number of carbonyl (C=O) groups excluding carboxylic acids is 1. The fraction of sp³-hybridized carbons (Fsp3) is 0.500. The minimum absolute atomic E-state index is 0.0147. The standard InChI is InChI=1S/C10H14BrNO3/c1-3-12-6-7(11)5-8(9(12)13)10(14)15-4-2/h5,13H,3-4,6H2,1-2H3. The van der Waals surface area contributed by atoms with Crippen LogP contribution in [0.15, 0.2) is 22.0 Å². The molecule has 0 fully saturated rings. The molecule has 1 aliphatic rings. The maximum absolute atomic E-state index is 11.5. The van der Waals surface area contributed by atoms with Gasteiger partial charge in [0.25, 0.3) is 0 Å². The molecule has 0 amide bonds. The Morgan fingerprint density at radius 3 is 2.87 bits per heavy atom. The fourth-order valence-electron chi connectivity index (χ4n) is 1.31. The zero-order valence-electron chi connectivity index (χ0n) is 8.79. The molecule has 1 N–H and O–H groups in total. The summed E-state index contributed by atoms with van der Waals surface area (Å²) >= 11 is 3.32. The Bertz CT molecular complexity index is 323. The molecule has 1 aliphatic heterocycles. The van der Waals surface area contributed by atoms with Crippen molar-refractivity contribution >= 4 is 21.9 Å². The van der Waals surface area contributed by atoms with E-state index in [-0.39, 0.29) is 11.5 Å². The Morgan fingerprint density at radius 2 is 2.33 bits per heavy atom. The zero-order valence-corrected chi connectivity index (χ0v) is 10.4. The third-order valence-corrected chi connectivity index (χ3v) is 2.54. The first-order valence-electron chi connectivity index (χ1n) is 4.81. The van der Waals surface area contributed by atoms with E-state index in [1.54, 1.807) is 17.9 Å². The largest absolute Gasteiger partial charge is 0.494 e. The molecule has 0 aromatic carbocycles. The normalized spacial score (nSPS) is 16.5. The van der Waals surface area contributed by atoms with Gasteiger partial charge >= 0.3 is 5.97 Å². The Labute approximate surface area is 97.3 Å². The molecular formula is C10H14BrNO3. The predicted molar refractivity (Wildman–Crippen MR) is 60.5 cm³/mol. The third-order valence-electron chi connectivity index (χ3n) is 2.06. The second-order valence-electron chi connectivity index (χ2n) is 3.06. The van der Waals surface area contributed by atoms with Crippen molar-refractivity contribution in [1.82, 2.24) is 4.90 Å². The highest BCUT2D eigenvalue weighted by Crippen LogP contribution is 2.23. The second-order valence-corrected chi connectivity index (χ2v) is 4.08. The topological polar surface area (TPSA) is 49.8 Å². The Kier molecular flexibility index (Phi) is 4.20. The van der Waals surface area contributed by atoms with E-state index in [1.165, 1.54) is 0 Å². The van der Waals surface area contributed by atoms with Crippen molar-refractivity contribution in [3.8, 4) is 0 Å². The number of aliphatic hydroxyl groups excluding tert-OH is 1. The van der Waals surface area contributed by atoms with Gasteiger partial charge in [-0.3, -0.25) is 0 Å². The monoisotopic (exact) mass is 275 g/mol. The molecule has 5 heteroatoms. The molecule has 0 atom stereocenters. The van der Waals surface area contributed by atoms with Gasteiger partial charge in [0.15, 0.2) is 0 Å². The Hall–Kier alpha value is -0.970. The van der Waals surface area contributed by atoms with E-state index in [9.17, 15) is 9.90 Å². The molecule has 0 unspecified atom stereocenters. The first-order valence-corrected chi connectivity index (χ1v) is 5.60. The van der Waals surface area contributed by atoms with E-state index in [1.807, 2.05) is 6.92 Å². The van der Waals surface area contributed by atoms with E-state index in [2.05, 4.69) is 15.9 Å². The van der Waals surface area contributed by atoms with Crippen LogP contribution in [0, 0.1) is 0 Å². The van der Waals surface area contributed by atoms with Gasteiger partial charge in [-0.15, -0.1) is 0 Å². The Balaban J connectivity index is 2.96. The molecule has 0 aromatic heterocycles. The summed E-state index contributed by atoms with van der Waals surface area (Å²) in [5, 5.41) is 9.78. The van der Waals surface area contributed by atoms with Crippen molar-refractivity contribution < 1.29 is 14.6 Å². The van der Waals surface area contributed by atoms with Crippen LogP contribution in [-0.2, 0) is 9.53 Å². The molecule has 0 aliphatic carbocycles. The summed E-state index contributed by atoms with van der Waals surface area (Å²) in [5.74, 6) is -0.510. The van der Waals surface area contributed by atoms with Crippen LogP contribution in [0.4, 0.5) is 0 Å². The quantitative estimate of drug-likeness (QED) is 0.800.